The van der Waals surface area contributed by atoms with Gasteiger partial charge in [-0.05, 0) is 30.7 Å². The second-order valence-corrected chi connectivity index (χ2v) is 6.19. The highest BCUT2D eigenvalue weighted by Gasteiger charge is 2.25. The summed E-state index contributed by atoms with van der Waals surface area (Å²) in [6.07, 6.45) is 0.850. The van der Waals surface area contributed by atoms with Crippen LogP contribution in [0.25, 0.3) is 0 Å². The van der Waals surface area contributed by atoms with Crippen LogP contribution in [0.2, 0.25) is 5.02 Å². The van der Waals surface area contributed by atoms with E-state index >= 15 is 0 Å². The van der Waals surface area contributed by atoms with E-state index in [9.17, 15) is 9.59 Å². The number of hydrogen-bond acceptors (Lipinski definition) is 4. The molecule has 0 bridgehead atoms. The molecular formula is C19H19ClN2O4. The first kappa shape index (κ1) is 18.1. The van der Waals surface area contributed by atoms with Gasteiger partial charge in [0.1, 0.15) is 11.5 Å². The van der Waals surface area contributed by atoms with Crippen molar-refractivity contribution in [2.45, 2.75) is 13.3 Å². The SMILES string of the molecule is CCCN1C(=O)COc2cc(NC(=O)COc3ccccc3Cl)ccc21. The van der Waals surface area contributed by atoms with Crippen LogP contribution < -0.4 is 19.7 Å². The standard InChI is InChI=1S/C19H19ClN2O4/c1-2-9-22-15-8-7-13(10-17(15)26-12-19(22)24)21-18(23)11-25-16-6-4-3-5-14(16)20/h3-8,10H,2,9,11-12H2,1H3,(H,21,23). The molecule has 0 spiro atoms. The van der Waals surface area contributed by atoms with Crippen LogP contribution in [0.15, 0.2) is 42.5 Å². The van der Waals surface area contributed by atoms with E-state index in [0.717, 1.165) is 6.42 Å². The number of hydrogen-bond donors (Lipinski definition) is 1. The number of amides is 2. The van der Waals surface area contributed by atoms with Gasteiger partial charge in [-0.15, -0.1) is 0 Å². The van der Waals surface area contributed by atoms with E-state index in [1.54, 1.807) is 47.4 Å². The number of nitrogens with zero attached hydrogens (tertiary/aromatic N) is 1. The first-order chi connectivity index (χ1) is 12.6. The molecule has 6 nitrogen and oxygen atoms in total. The average Bonchev–Trinajstić information content (AvgIpc) is 2.63. The van der Waals surface area contributed by atoms with Crippen molar-refractivity contribution in [1.29, 1.82) is 0 Å². The predicted molar refractivity (Wildman–Crippen MR) is 100 cm³/mol. The van der Waals surface area contributed by atoms with E-state index < -0.39 is 0 Å². The Hall–Kier alpha value is -2.73. The number of nitrogens with one attached hydrogen (secondary N) is 1. The van der Waals surface area contributed by atoms with Crippen molar-refractivity contribution in [2.24, 2.45) is 0 Å². The van der Waals surface area contributed by atoms with Gasteiger partial charge >= 0.3 is 0 Å². The van der Waals surface area contributed by atoms with Gasteiger partial charge in [-0.1, -0.05) is 30.7 Å². The van der Waals surface area contributed by atoms with Crippen molar-refractivity contribution in [1.82, 2.24) is 0 Å². The van der Waals surface area contributed by atoms with Crippen LogP contribution in [0.3, 0.4) is 0 Å². The van der Waals surface area contributed by atoms with Crippen molar-refractivity contribution in [3.8, 4) is 11.5 Å². The molecule has 0 saturated heterocycles. The molecule has 26 heavy (non-hydrogen) atoms. The minimum absolute atomic E-state index is 0.0000170. The van der Waals surface area contributed by atoms with E-state index in [0.29, 0.717) is 34.4 Å². The predicted octanol–water partition coefficient (Wildman–Crippen LogP) is 3.49. The molecule has 3 rings (SSSR count). The fourth-order valence-electron chi connectivity index (χ4n) is 2.65. The molecule has 0 fully saturated rings. The molecular weight excluding hydrogens is 356 g/mol. The molecule has 1 N–H and O–H groups in total. The second kappa shape index (κ2) is 8.10. The number of halogens is 1. The van der Waals surface area contributed by atoms with Crippen LogP contribution in [0.4, 0.5) is 11.4 Å². The third-order valence-corrected chi connectivity index (χ3v) is 4.14. The van der Waals surface area contributed by atoms with Crippen molar-refractivity contribution >= 4 is 34.8 Å². The zero-order valence-corrected chi connectivity index (χ0v) is 15.1. The molecule has 0 saturated carbocycles. The smallest absolute Gasteiger partial charge is 0.265 e. The normalized spacial score (nSPS) is 13.0. The molecule has 0 aromatic heterocycles. The lowest BCUT2D eigenvalue weighted by molar-refractivity contribution is -0.121. The Kier molecular flexibility index (Phi) is 5.63. The first-order valence-corrected chi connectivity index (χ1v) is 8.70. The van der Waals surface area contributed by atoms with E-state index in [1.807, 2.05) is 6.92 Å². The highest BCUT2D eigenvalue weighted by atomic mass is 35.5. The molecule has 2 aromatic rings. The van der Waals surface area contributed by atoms with E-state index in [-0.39, 0.29) is 25.0 Å². The first-order valence-electron chi connectivity index (χ1n) is 8.33. The molecule has 1 aliphatic rings. The van der Waals surface area contributed by atoms with Gasteiger partial charge in [0.2, 0.25) is 0 Å². The van der Waals surface area contributed by atoms with Gasteiger partial charge < -0.3 is 19.7 Å². The summed E-state index contributed by atoms with van der Waals surface area (Å²) in [5, 5.41) is 3.20. The summed E-state index contributed by atoms with van der Waals surface area (Å²) in [5.74, 6) is 0.640. The van der Waals surface area contributed by atoms with Crippen molar-refractivity contribution < 1.29 is 19.1 Å². The van der Waals surface area contributed by atoms with Crippen molar-refractivity contribution in [3.05, 3.63) is 47.5 Å². The van der Waals surface area contributed by atoms with Gasteiger partial charge in [0.25, 0.3) is 11.8 Å². The minimum atomic E-state index is -0.317. The number of benzene rings is 2. The van der Waals surface area contributed by atoms with Crippen LogP contribution in [0.5, 0.6) is 11.5 Å². The van der Waals surface area contributed by atoms with Gasteiger partial charge in [-0.2, -0.15) is 0 Å². The molecule has 2 amide bonds. The number of para-hydroxylation sites is 1. The molecule has 0 unspecified atom stereocenters. The monoisotopic (exact) mass is 374 g/mol. The Morgan fingerprint density at radius 2 is 2.12 bits per heavy atom. The number of ether oxygens (including phenoxy) is 2. The van der Waals surface area contributed by atoms with Crippen LogP contribution in [-0.2, 0) is 9.59 Å². The molecule has 0 radical (unpaired) electrons. The third-order valence-electron chi connectivity index (χ3n) is 3.83. The van der Waals surface area contributed by atoms with E-state index in [4.69, 9.17) is 21.1 Å². The Morgan fingerprint density at radius 3 is 2.88 bits per heavy atom. The quantitative estimate of drug-likeness (QED) is 0.840. The molecule has 7 heteroatoms. The average molecular weight is 375 g/mol. The van der Waals surface area contributed by atoms with E-state index in [1.165, 1.54) is 0 Å². The third kappa shape index (κ3) is 4.08. The summed E-state index contributed by atoms with van der Waals surface area (Å²) in [4.78, 5) is 25.8. The largest absolute Gasteiger partial charge is 0.482 e. The molecule has 0 aliphatic carbocycles. The summed E-state index contributed by atoms with van der Waals surface area (Å²) in [6.45, 7) is 2.48. The maximum absolute atomic E-state index is 12.1. The second-order valence-electron chi connectivity index (χ2n) is 5.78. The van der Waals surface area contributed by atoms with E-state index in [2.05, 4.69) is 5.32 Å². The fraction of sp³-hybridized carbons (Fsp3) is 0.263. The summed E-state index contributed by atoms with van der Waals surface area (Å²) in [6, 6.07) is 12.2. The Labute approximate surface area is 156 Å². The number of carbonyl (C=O) groups excluding carboxylic acids is 2. The number of anilines is 2. The zero-order chi connectivity index (χ0) is 18.5. The number of fused-ring (bicyclic) bond motifs is 1. The maximum Gasteiger partial charge on any atom is 0.265 e. The number of carbonyl (C=O) groups is 2. The van der Waals surface area contributed by atoms with Crippen molar-refractivity contribution in [2.75, 3.05) is 30.0 Å². The molecule has 0 atom stereocenters. The summed E-state index contributed by atoms with van der Waals surface area (Å²) >= 11 is 5.99. The summed E-state index contributed by atoms with van der Waals surface area (Å²) in [7, 11) is 0. The Bertz CT molecular complexity index is 825. The lowest BCUT2D eigenvalue weighted by atomic mass is 10.2. The minimum Gasteiger partial charge on any atom is -0.482 e. The topological polar surface area (TPSA) is 67.9 Å². The highest BCUT2D eigenvalue weighted by molar-refractivity contribution is 6.32. The Balaban J connectivity index is 1.64. The molecule has 1 aliphatic heterocycles. The lowest BCUT2D eigenvalue weighted by Gasteiger charge is -2.29. The van der Waals surface area contributed by atoms with Gasteiger partial charge in [-0.3, -0.25) is 9.59 Å². The number of rotatable bonds is 6. The van der Waals surface area contributed by atoms with Crippen molar-refractivity contribution in [3.63, 3.8) is 0 Å². The lowest BCUT2D eigenvalue weighted by Crippen LogP contribution is -2.39. The van der Waals surface area contributed by atoms with Gasteiger partial charge in [-0.25, -0.2) is 0 Å². The van der Waals surface area contributed by atoms with Crippen LogP contribution in [-0.4, -0.2) is 31.6 Å². The van der Waals surface area contributed by atoms with Crippen LogP contribution >= 0.6 is 11.6 Å². The molecule has 136 valence electrons. The van der Waals surface area contributed by atoms with Crippen LogP contribution in [0.1, 0.15) is 13.3 Å². The highest BCUT2D eigenvalue weighted by Crippen LogP contribution is 2.34. The maximum atomic E-state index is 12.1. The Morgan fingerprint density at radius 1 is 1.31 bits per heavy atom. The van der Waals surface area contributed by atoms with Crippen LogP contribution in [0, 0.1) is 0 Å². The molecule has 1 heterocycles. The van der Waals surface area contributed by atoms with Gasteiger partial charge in [0.05, 0.1) is 10.7 Å². The molecule has 2 aromatic carbocycles. The fourth-order valence-corrected chi connectivity index (χ4v) is 2.84. The summed E-state index contributed by atoms with van der Waals surface area (Å²) in [5.41, 5.74) is 1.29. The summed E-state index contributed by atoms with van der Waals surface area (Å²) < 4.78 is 10.9. The van der Waals surface area contributed by atoms with Gasteiger partial charge in [0, 0.05) is 18.3 Å². The zero-order valence-electron chi connectivity index (χ0n) is 14.3. The van der Waals surface area contributed by atoms with Gasteiger partial charge in [0.15, 0.2) is 13.2 Å².